The third-order valence-corrected chi connectivity index (χ3v) is 5.20. The summed E-state index contributed by atoms with van der Waals surface area (Å²) in [7, 11) is -1.12. The van der Waals surface area contributed by atoms with Gasteiger partial charge in [0.2, 0.25) is 0 Å². The van der Waals surface area contributed by atoms with Gasteiger partial charge in [-0.2, -0.15) is 0 Å². The quantitative estimate of drug-likeness (QED) is 0.441. The van der Waals surface area contributed by atoms with Crippen LogP contribution in [0.2, 0.25) is 0 Å². The normalized spacial score (nSPS) is 10.8. The average Bonchev–Trinajstić information content (AvgIpc) is 2.46. The second kappa shape index (κ2) is 7.85. The molecule has 2 rings (SSSR count). The summed E-state index contributed by atoms with van der Waals surface area (Å²) in [6.07, 6.45) is 2.55. The Hall–Kier alpha value is -1.79. The van der Waals surface area contributed by atoms with Crippen LogP contribution < -0.4 is 9.05 Å². The molecule has 0 atom stereocenters. The highest BCUT2D eigenvalue weighted by Crippen LogP contribution is 2.44. The summed E-state index contributed by atoms with van der Waals surface area (Å²) in [5.74, 6) is 1.85. The molecule has 2 nitrogen and oxygen atoms in total. The number of allylic oxidation sites excluding steroid dienone is 1. The van der Waals surface area contributed by atoms with Crippen molar-refractivity contribution in [3.8, 4) is 11.5 Å². The minimum atomic E-state index is -1.12. The summed E-state index contributed by atoms with van der Waals surface area (Å²) in [5, 5.41) is 0. The monoisotopic (exact) mass is 342 g/mol. The second-order valence-electron chi connectivity index (χ2n) is 6.44. The van der Waals surface area contributed by atoms with Gasteiger partial charge in [0.05, 0.1) is 6.16 Å². The van der Waals surface area contributed by atoms with Crippen molar-refractivity contribution in [1.82, 2.24) is 0 Å². The van der Waals surface area contributed by atoms with Crippen LogP contribution in [-0.4, -0.2) is 6.16 Å². The molecule has 0 aliphatic rings. The highest BCUT2D eigenvalue weighted by atomic mass is 31.2. The number of benzene rings is 2. The number of hydrogen-bond donors (Lipinski definition) is 0. The van der Waals surface area contributed by atoms with Crippen LogP contribution in [0.15, 0.2) is 36.9 Å². The van der Waals surface area contributed by atoms with E-state index in [-0.39, 0.29) is 0 Å². The average molecular weight is 342 g/mol. The smallest absolute Gasteiger partial charge is 0.294 e. The number of rotatable bonds is 6. The first-order valence-corrected chi connectivity index (χ1v) is 9.58. The Balaban J connectivity index is 2.30. The van der Waals surface area contributed by atoms with Crippen molar-refractivity contribution in [3.05, 3.63) is 70.3 Å². The molecule has 24 heavy (non-hydrogen) atoms. The van der Waals surface area contributed by atoms with Crippen molar-refractivity contribution in [2.75, 3.05) is 6.16 Å². The van der Waals surface area contributed by atoms with E-state index < -0.39 is 8.38 Å². The third-order valence-electron chi connectivity index (χ3n) is 3.87. The molecule has 0 unspecified atom stereocenters. The van der Waals surface area contributed by atoms with E-state index >= 15 is 0 Å². The molecule has 0 radical (unpaired) electrons. The molecule has 0 fully saturated rings. The third kappa shape index (κ3) is 4.39. The van der Waals surface area contributed by atoms with Crippen LogP contribution in [0.1, 0.15) is 33.4 Å². The molecular weight excluding hydrogens is 315 g/mol. The first-order valence-electron chi connectivity index (χ1n) is 8.22. The van der Waals surface area contributed by atoms with E-state index in [2.05, 4.69) is 72.4 Å². The lowest BCUT2D eigenvalue weighted by molar-refractivity contribution is 0.484. The van der Waals surface area contributed by atoms with Crippen LogP contribution in [0.4, 0.5) is 0 Å². The molecule has 0 aliphatic carbocycles. The van der Waals surface area contributed by atoms with E-state index in [0.717, 1.165) is 33.8 Å². The summed E-state index contributed by atoms with van der Waals surface area (Å²) in [6, 6.07) is 8.58. The van der Waals surface area contributed by atoms with Crippen LogP contribution >= 0.6 is 8.38 Å². The van der Waals surface area contributed by atoms with Gasteiger partial charge in [0.15, 0.2) is 0 Å². The molecule has 2 aromatic carbocycles. The summed E-state index contributed by atoms with van der Waals surface area (Å²) in [4.78, 5) is 0. The van der Waals surface area contributed by atoms with Gasteiger partial charge in [0.25, 0.3) is 8.38 Å². The van der Waals surface area contributed by atoms with E-state index in [9.17, 15) is 0 Å². The highest BCUT2D eigenvalue weighted by Gasteiger charge is 2.18. The molecule has 0 N–H and O–H groups in total. The van der Waals surface area contributed by atoms with Crippen molar-refractivity contribution < 1.29 is 9.05 Å². The van der Waals surface area contributed by atoms with Gasteiger partial charge in [-0.25, -0.2) is 0 Å². The first kappa shape index (κ1) is 18.5. The molecule has 128 valence electrons. The Kier molecular flexibility index (Phi) is 6.07. The molecule has 3 heteroatoms. The van der Waals surface area contributed by atoms with E-state index in [4.69, 9.17) is 9.05 Å². The van der Waals surface area contributed by atoms with Crippen LogP contribution in [0.5, 0.6) is 11.5 Å². The van der Waals surface area contributed by atoms with E-state index in [1.807, 2.05) is 6.08 Å². The highest BCUT2D eigenvalue weighted by molar-refractivity contribution is 7.48. The predicted octanol–water partition coefficient (Wildman–Crippen LogP) is 6.49. The van der Waals surface area contributed by atoms with Gasteiger partial charge in [0.1, 0.15) is 11.5 Å². The Morgan fingerprint density at radius 2 is 1.08 bits per heavy atom. The fraction of sp³-hybridized carbons (Fsp3) is 0.333. The summed E-state index contributed by atoms with van der Waals surface area (Å²) in [6.45, 7) is 16.4. The SMILES string of the molecule is C=CCP(Oc1c(C)cc(C)cc1C)Oc1c(C)cc(C)cc1C. The van der Waals surface area contributed by atoms with Gasteiger partial charge in [-0.05, 0) is 63.8 Å². The van der Waals surface area contributed by atoms with Gasteiger partial charge < -0.3 is 9.05 Å². The standard InChI is InChI=1S/C21H27O2P/c1-8-9-24(22-20-16(4)10-14(2)11-17(20)5)23-21-18(6)12-15(3)13-19(21)7/h8,10-13H,1,9H2,2-7H3. The lowest BCUT2D eigenvalue weighted by Gasteiger charge is -2.22. The van der Waals surface area contributed by atoms with E-state index in [0.29, 0.717) is 6.16 Å². The maximum absolute atomic E-state index is 6.29. The Morgan fingerprint density at radius 1 is 0.750 bits per heavy atom. The summed E-state index contributed by atoms with van der Waals surface area (Å²) in [5.41, 5.74) is 7.07. The van der Waals surface area contributed by atoms with Crippen molar-refractivity contribution in [2.45, 2.75) is 41.5 Å². The maximum Gasteiger partial charge on any atom is 0.294 e. The van der Waals surface area contributed by atoms with E-state index in [1.54, 1.807) is 0 Å². The first-order chi connectivity index (χ1) is 11.3. The Morgan fingerprint density at radius 3 is 1.38 bits per heavy atom. The van der Waals surface area contributed by atoms with Crippen molar-refractivity contribution in [1.29, 1.82) is 0 Å². The Bertz CT molecular complexity index is 644. The van der Waals surface area contributed by atoms with Crippen LogP contribution in [0, 0.1) is 41.5 Å². The zero-order valence-corrected chi connectivity index (χ0v) is 16.5. The minimum absolute atomic E-state index is 0.689. The lowest BCUT2D eigenvalue weighted by Crippen LogP contribution is -2.03. The topological polar surface area (TPSA) is 18.5 Å². The van der Waals surface area contributed by atoms with Gasteiger partial charge in [-0.3, -0.25) is 0 Å². The van der Waals surface area contributed by atoms with Gasteiger partial charge >= 0.3 is 0 Å². The molecule has 0 bridgehead atoms. The van der Waals surface area contributed by atoms with E-state index in [1.165, 1.54) is 11.1 Å². The number of aryl methyl sites for hydroxylation is 6. The lowest BCUT2D eigenvalue weighted by atomic mass is 10.1. The molecule has 0 spiro atoms. The predicted molar refractivity (Wildman–Crippen MR) is 105 cm³/mol. The largest absolute Gasteiger partial charge is 0.438 e. The zero-order chi connectivity index (χ0) is 17.9. The molecule has 0 aromatic heterocycles. The summed E-state index contributed by atoms with van der Waals surface area (Å²) >= 11 is 0. The molecule has 2 aromatic rings. The van der Waals surface area contributed by atoms with Crippen molar-refractivity contribution in [2.24, 2.45) is 0 Å². The fourth-order valence-electron chi connectivity index (χ4n) is 3.02. The molecule has 0 aliphatic heterocycles. The van der Waals surface area contributed by atoms with Gasteiger partial charge in [-0.1, -0.05) is 41.5 Å². The van der Waals surface area contributed by atoms with Crippen LogP contribution in [0.3, 0.4) is 0 Å². The van der Waals surface area contributed by atoms with Crippen LogP contribution in [0.25, 0.3) is 0 Å². The minimum Gasteiger partial charge on any atom is -0.438 e. The summed E-state index contributed by atoms with van der Waals surface area (Å²) < 4.78 is 12.6. The number of hydrogen-bond acceptors (Lipinski definition) is 2. The maximum atomic E-state index is 6.29. The fourth-order valence-corrected chi connectivity index (χ4v) is 4.40. The molecular formula is C21H27O2P. The zero-order valence-electron chi connectivity index (χ0n) is 15.6. The Labute approximate surface area is 147 Å². The molecule has 0 amide bonds. The van der Waals surface area contributed by atoms with Crippen molar-refractivity contribution in [3.63, 3.8) is 0 Å². The molecule has 0 saturated carbocycles. The van der Waals surface area contributed by atoms with Crippen molar-refractivity contribution >= 4 is 8.38 Å². The van der Waals surface area contributed by atoms with Crippen LogP contribution in [-0.2, 0) is 0 Å². The molecule has 0 saturated heterocycles. The van der Waals surface area contributed by atoms with Gasteiger partial charge in [0, 0.05) is 0 Å². The molecule has 0 heterocycles. The van der Waals surface area contributed by atoms with Gasteiger partial charge in [-0.15, -0.1) is 6.58 Å². The second-order valence-corrected chi connectivity index (χ2v) is 7.84.